The van der Waals surface area contributed by atoms with Gasteiger partial charge in [0.25, 0.3) is 0 Å². The van der Waals surface area contributed by atoms with Gasteiger partial charge in [-0.25, -0.2) is 0 Å². The molecule has 0 radical (unpaired) electrons. The first-order valence-corrected chi connectivity index (χ1v) is 5.94. The standard InChI is InChI=1S/C8H8O2.C5H12O5/c9-8(10)6-7-4-2-1-3-5-7;6-1-3(8)5(10)4(9)2-7/h1-5H,6H2,(H,9,10);3-10H,1-2H2. The number of rotatable bonds is 6. The van der Waals surface area contributed by atoms with Crippen LogP contribution >= 0.6 is 0 Å². The lowest BCUT2D eigenvalue weighted by atomic mass is 10.1. The normalized spacial score (nSPS) is 14.7. The van der Waals surface area contributed by atoms with Crippen LogP contribution in [0.25, 0.3) is 0 Å². The molecule has 7 nitrogen and oxygen atoms in total. The summed E-state index contributed by atoms with van der Waals surface area (Å²) in [5.41, 5.74) is 0.843. The fraction of sp³-hybridized carbons (Fsp3) is 0.462. The van der Waals surface area contributed by atoms with Gasteiger partial charge >= 0.3 is 5.97 Å². The van der Waals surface area contributed by atoms with Crippen molar-refractivity contribution in [2.75, 3.05) is 13.2 Å². The van der Waals surface area contributed by atoms with Crippen molar-refractivity contribution in [1.82, 2.24) is 0 Å². The first-order chi connectivity index (χ1) is 9.42. The van der Waals surface area contributed by atoms with Crippen LogP contribution in [0.2, 0.25) is 0 Å². The lowest BCUT2D eigenvalue weighted by Gasteiger charge is -2.19. The molecule has 0 aliphatic carbocycles. The third-order valence-corrected chi connectivity index (χ3v) is 2.36. The van der Waals surface area contributed by atoms with E-state index >= 15 is 0 Å². The summed E-state index contributed by atoms with van der Waals surface area (Å²) in [5.74, 6) is -0.786. The molecule has 0 heterocycles. The van der Waals surface area contributed by atoms with Gasteiger partial charge in [0, 0.05) is 0 Å². The monoisotopic (exact) mass is 288 g/mol. The summed E-state index contributed by atoms with van der Waals surface area (Å²) in [5, 5.41) is 50.9. The molecular formula is C13H20O7. The second kappa shape index (κ2) is 10.3. The van der Waals surface area contributed by atoms with Crippen LogP contribution in [0.15, 0.2) is 30.3 Å². The van der Waals surface area contributed by atoms with Crippen LogP contribution in [0.4, 0.5) is 0 Å². The van der Waals surface area contributed by atoms with Crippen molar-refractivity contribution in [3.8, 4) is 0 Å². The Bertz CT molecular complexity index is 358. The van der Waals surface area contributed by atoms with Crippen LogP contribution < -0.4 is 0 Å². The summed E-state index contributed by atoms with van der Waals surface area (Å²) in [6.07, 6.45) is -4.18. The van der Waals surface area contributed by atoms with Gasteiger partial charge in [0.15, 0.2) is 0 Å². The highest BCUT2D eigenvalue weighted by Crippen LogP contribution is 1.98. The van der Waals surface area contributed by atoms with Gasteiger partial charge in [0.1, 0.15) is 18.3 Å². The van der Waals surface area contributed by atoms with E-state index in [1.165, 1.54) is 0 Å². The van der Waals surface area contributed by atoms with Crippen molar-refractivity contribution >= 4 is 5.97 Å². The molecule has 114 valence electrons. The van der Waals surface area contributed by atoms with Crippen molar-refractivity contribution in [3.63, 3.8) is 0 Å². The summed E-state index contributed by atoms with van der Waals surface area (Å²) >= 11 is 0. The zero-order chi connectivity index (χ0) is 15.5. The highest BCUT2D eigenvalue weighted by Gasteiger charge is 2.22. The van der Waals surface area contributed by atoms with Gasteiger partial charge in [-0.3, -0.25) is 4.79 Å². The van der Waals surface area contributed by atoms with E-state index < -0.39 is 37.5 Å². The van der Waals surface area contributed by atoms with Gasteiger partial charge in [-0.15, -0.1) is 0 Å². The average molecular weight is 288 g/mol. The van der Waals surface area contributed by atoms with Gasteiger partial charge in [0.05, 0.1) is 19.6 Å². The molecule has 1 aromatic carbocycles. The van der Waals surface area contributed by atoms with E-state index in [0.29, 0.717) is 0 Å². The van der Waals surface area contributed by atoms with Crippen LogP contribution in [0.5, 0.6) is 0 Å². The maximum atomic E-state index is 10.2. The Hall–Kier alpha value is -1.51. The second-order valence-corrected chi connectivity index (χ2v) is 4.05. The predicted octanol–water partition coefficient (Wildman–Crippen LogP) is -1.63. The van der Waals surface area contributed by atoms with E-state index in [0.717, 1.165) is 5.56 Å². The summed E-state index contributed by atoms with van der Waals surface area (Å²) < 4.78 is 0. The van der Waals surface area contributed by atoms with Crippen LogP contribution in [0.3, 0.4) is 0 Å². The van der Waals surface area contributed by atoms with Crippen molar-refractivity contribution in [1.29, 1.82) is 0 Å². The van der Waals surface area contributed by atoms with Gasteiger partial charge in [-0.1, -0.05) is 30.3 Å². The Morgan fingerprint density at radius 2 is 1.40 bits per heavy atom. The topological polar surface area (TPSA) is 138 Å². The lowest BCUT2D eigenvalue weighted by molar-refractivity contribution is -0.136. The molecule has 7 heteroatoms. The lowest BCUT2D eigenvalue weighted by Crippen LogP contribution is -2.41. The molecule has 0 aliphatic heterocycles. The highest BCUT2D eigenvalue weighted by atomic mass is 16.4. The maximum Gasteiger partial charge on any atom is 0.307 e. The number of carboxylic acids is 1. The number of aliphatic carboxylic acids is 1. The second-order valence-electron chi connectivity index (χ2n) is 4.05. The Labute approximate surface area is 116 Å². The Kier molecular flexibility index (Phi) is 9.52. The van der Waals surface area contributed by atoms with Crippen molar-refractivity contribution in [3.05, 3.63) is 35.9 Å². The predicted molar refractivity (Wildman–Crippen MR) is 70.0 cm³/mol. The van der Waals surface area contributed by atoms with Gasteiger partial charge in [0.2, 0.25) is 0 Å². The molecule has 0 saturated heterocycles. The van der Waals surface area contributed by atoms with Crippen LogP contribution in [0, 0.1) is 0 Å². The summed E-state index contributed by atoms with van der Waals surface area (Å²) in [6, 6.07) is 9.13. The van der Waals surface area contributed by atoms with E-state index in [-0.39, 0.29) is 6.42 Å². The third-order valence-electron chi connectivity index (χ3n) is 2.36. The number of hydrogen-bond acceptors (Lipinski definition) is 6. The Morgan fingerprint density at radius 3 is 1.75 bits per heavy atom. The minimum Gasteiger partial charge on any atom is -0.481 e. The third kappa shape index (κ3) is 7.82. The highest BCUT2D eigenvalue weighted by molar-refractivity contribution is 5.70. The molecule has 0 saturated carbocycles. The first kappa shape index (κ1) is 18.5. The van der Waals surface area contributed by atoms with E-state index in [2.05, 4.69) is 0 Å². The molecule has 6 N–H and O–H groups in total. The quantitative estimate of drug-likeness (QED) is 0.369. The minimum atomic E-state index is -1.49. The molecule has 1 rings (SSSR count). The van der Waals surface area contributed by atoms with Gasteiger partial charge < -0.3 is 30.6 Å². The molecule has 0 aliphatic rings. The minimum absolute atomic E-state index is 0.112. The smallest absolute Gasteiger partial charge is 0.307 e. The fourth-order valence-electron chi connectivity index (χ4n) is 1.24. The van der Waals surface area contributed by atoms with Crippen LogP contribution in [0.1, 0.15) is 5.56 Å². The molecule has 20 heavy (non-hydrogen) atoms. The van der Waals surface area contributed by atoms with Crippen molar-refractivity contribution < 1.29 is 35.4 Å². The zero-order valence-corrected chi connectivity index (χ0v) is 10.8. The van der Waals surface area contributed by atoms with E-state index in [9.17, 15) is 4.79 Å². The molecule has 2 unspecified atom stereocenters. The number of carbonyl (C=O) groups is 1. The molecule has 0 amide bonds. The average Bonchev–Trinajstić information content (AvgIpc) is 2.45. The Balaban J connectivity index is 0.000000361. The molecule has 0 fully saturated rings. The van der Waals surface area contributed by atoms with Gasteiger partial charge in [-0.2, -0.15) is 0 Å². The summed E-state index contributed by atoms with van der Waals surface area (Å²) in [6.45, 7) is -1.28. The largest absolute Gasteiger partial charge is 0.481 e. The summed E-state index contributed by atoms with van der Waals surface area (Å²) in [4.78, 5) is 10.2. The molecule has 1 aromatic rings. The maximum absolute atomic E-state index is 10.2. The molecule has 2 atom stereocenters. The number of aliphatic hydroxyl groups excluding tert-OH is 5. The molecule has 0 bridgehead atoms. The molecular weight excluding hydrogens is 268 g/mol. The summed E-state index contributed by atoms with van der Waals surface area (Å²) in [7, 11) is 0. The van der Waals surface area contributed by atoms with E-state index in [1.807, 2.05) is 18.2 Å². The molecule has 0 aromatic heterocycles. The first-order valence-electron chi connectivity index (χ1n) is 5.94. The van der Waals surface area contributed by atoms with Crippen molar-refractivity contribution in [2.45, 2.75) is 24.7 Å². The van der Waals surface area contributed by atoms with Crippen LogP contribution in [-0.2, 0) is 11.2 Å². The van der Waals surface area contributed by atoms with Crippen LogP contribution in [-0.4, -0.2) is 68.1 Å². The number of hydrogen-bond donors (Lipinski definition) is 6. The van der Waals surface area contributed by atoms with E-state index in [1.54, 1.807) is 12.1 Å². The van der Waals surface area contributed by atoms with Gasteiger partial charge in [-0.05, 0) is 5.56 Å². The number of carboxylic acid groups (broad SMARTS) is 1. The Morgan fingerprint density at radius 1 is 0.950 bits per heavy atom. The van der Waals surface area contributed by atoms with E-state index in [4.69, 9.17) is 30.6 Å². The zero-order valence-electron chi connectivity index (χ0n) is 10.8. The SMILES string of the molecule is O=C(O)Cc1ccccc1.OCC(O)C(O)C(O)CO. The van der Waals surface area contributed by atoms with Crippen molar-refractivity contribution in [2.24, 2.45) is 0 Å². The molecule has 0 spiro atoms. The number of aliphatic hydroxyl groups is 5. The fourth-order valence-corrected chi connectivity index (χ4v) is 1.24. The number of benzene rings is 1.